The SMILES string of the molecule is CC1CCC[C@H]1n1cc(B2OC(C)(C)C(C)(C)O2)cn1. The minimum Gasteiger partial charge on any atom is -0.399 e. The molecule has 0 radical (unpaired) electrons. The molecule has 1 saturated heterocycles. The monoisotopic (exact) mass is 276 g/mol. The second-order valence-electron chi connectivity index (χ2n) is 7.32. The number of rotatable bonds is 2. The van der Waals surface area contributed by atoms with Crippen LogP contribution in [0.3, 0.4) is 0 Å². The maximum atomic E-state index is 6.08. The molecule has 1 aliphatic carbocycles. The van der Waals surface area contributed by atoms with Crippen LogP contribution in [-0.4, -0.2) is 28.1 Å². The zero-order valence-corrected chi connectivity index (χ0v) is 13.2. The molecule has 0 bridgehead atoms. The van der Waals surface area contributed by atoms with Crippen LogP contribution in [-0.2, 0) is 9.31 Å². The van der Waals surface area contributed by atoms with Gasteiger partial charge in [-0.05, 0) is 46.5 Å². The van der Waals surface area contributed by atoms with Crippen molar-refractivity contribution in [3.8, 4) is 0 Å². The van der Waals surface area contributed by atoms with Crippen LogP contribution in [0.2, 0.25) is 0 Å². The molecule has 0 spiro atoms. The van der Waals surface area contributed by atoms with Crippen LogP contribution in [0.15, 0.2) is 12.4 Å². The molecule has 20 heavy (non-hydrogen) atoms. The van der Waals surface area contributed by atoms with E-state index in [1.807, 2.05) is 6.20 Å². The first-order valence-corrected chi connectivity index (χ1v) is 7.70. The molecule has 1 aromatic rings. The average molecular weight is 276 g/mol. The van der Waals surface area contributed by atoms with Gasteiger partial charge in [-0.25, -0.2) is 0 Å². The Hall–Kier alpha value is -0.805. The first kappa shape index (κ1) is 14.1. The largest absolute Gasteiger partial charge is 0.498 e. The highest BCUT2D eigenvalue weighted by atomic mass is 16.7. The summed E-state index contributed by atoms with van der Waals surface area (Å²) in [5.41, 5.74) is 0.448. The Morgan fingerprint density at radius 1 is 1.20 bits per heavy atom. The Bertz CT molecular complexity index is 482. The lowest BCUT2D eigenvalue weighted by molar-refractivity contribution is 0.00578. The molecule has 5 heteroatoms. The highest BCUT2D eigenvalue weighted by Gasteiger charge is 2.52. The molecule has 2 atom stereocenters. The normalized spacial score (nSPS) is 31.9. The number of nitrogens with zero attached hydrogens (tertiary/aromatic N) is 2. The summed E-state index contributed by atoms with van der Waals surface area (Å²) in [4.78, 5) is 0. The van der Waals surface area contributed by atoms with Crippen molar-refractivity contribution in [3.63, 3.8) is 0 Å². The molecule has 2 aliphatic rings. The Morgan fingerprint density at radius 2 is 1.85 bits per heavy atom. The third-order valence-electron chi connectivity index (χ3n) is 5.30. The zero-order valence-electron chi connectivity index (χ0n) is 13.2. The van der Waals surface area contributed by atoms with Crippen molar-refractivity contribution in [2.45, 2.75) is 71.1 Å². The average Bonchev–Trinajstić information content (AvgIpc) is 2.98. The first-order valence-electron chi connectivity index (χ1n) is 7.70. The predicted octanol–water partition coefficient (Wildman–Crippen LogP) is 2.54. The molecule has 1 saturated carbocycles. The predicted molar refractivity (Wildman–Crippen MR) is 80.0 cm³/mol. The van der Waals surface area contributed by atoms with Gasteiger partial charge in [0.1, 0.15) is 0 Å². The van der Waals surface area contributed by atoms with Gasteiger partial charge in [0.05, 0.1) is 17.2 Å². The summed E-state index contributed by atoms with van der Waals surface area (Å²) in [5, 5.41) is 4.55. The van der Waals surface area contributed by atoms with Crippen LogP contribution in [0.1, 0.15) is 59.9 Å². The van der Waals surface area contributed by atoms with E-state index < -0.39 is 0 Å². The van der Waals surface area contributed by atoms with Crippen molar-refractivity contribution < 1.29 is 9.31 Å². The van der Waals surface area contributed by atoms with Gasteiger partial charge < -0.3 is 9.31 Å². The maximum Gasteiger partial charge on any atom is 0.498 e. The van der Waals surface area contributed by atoms with Crippen molar-refractivity contribution in [2.24, 2.45) is 5.92 Å². The van der Waals surface area contributed by atoms with Crippen molar-refractivity contribution in [2.75, 3.05) is 0 Å². The summed E-state index contributed by atoms with van der Waals surface area (Å²) in [5.74, 6) is 0.709. The summed E-state index contributed by atoms with van der Waals surface area (Å²) < 4.78 is 14.3. The second kappa shape index (κ2) is 4.60. The molecule has 3 rings (SSSR count). The number of hydrogen-bond acceptors (Lipinski definition) is 3. The van der Waals surface area contributed by atoms with Crippen molar-refractivity contribution >= 4 is 12.6 Å². The lowest BCUT2D eigenvalue weighted by Crippen LogP contribution is -2.41. The highest BCUT2D eigenvalue weighted by molar-refractivity contribution is 6.61. The van der Waals surface area contributed by atoms with Crippen molar-refractivity contribution in [3.05, 3.63) is 12.4 Å². The van der Waals surface area contributed by atoms with Crippen LogP contribution in [0, 0.1) is 5.92 Å². The first-order chi connectivity index (χ1) is 9.30. The van der Waals surface area contributed by atoms with Crippen LogP contribution in [0.5, 0.6) is 0 Å². The Morgan fingerprint density at radius 3 is 2.40 bits per heavy atom. The van der Waals surface area contributed by atoms with Crippen LogP contribution in [0.25, 0.3) is 0 Å². The molecular weight excluding hydrogens is 251 g/mol. The highest BCUT2D eigenvalue weighted by Crippen LogP contribution is 2.37. The summed E-state index contributed by atoms with van der Waals surface area (Å²) in [7, 11) is -0.301. The summed E-state index contributed by atoms with van der Waals surface area (Å²) >= 11 is 0. The van der Waals surface area contributed by atoms with Gasteiger partial charge in [0.25, 0.3) is 0 Å². The standard InChI is InChI=1S/C15H25BN2O2/c1-11-7-6-8-13(11)18-10-12(9-17-18)16-19-14(2,3)15(4,5)20-16/h9-11,13H,6-8H2,1-5H3/t11?,13-/m1/s1. The minimum atomic E-state index is -0.301. The van der Waals surface area contributed by atoms with E-state index in [4.69, 9.17) is 9.31 Å². The lowest BCUT2D eigenvalue weighted by atomic mass is 9.82. The van der Waals surface area contributed by atoms with Crippen molar-refractivity contribution in [1.29, 1.82) is 0 Å². The summed E-state index contributed by atoms with van der Waals surface area (Å²) in [6.07, 6.45) is 7.83. The van der Waals surface area contributed by atoms with E-state index >= 15 is 0 Å². The van der Waals surface area contributed by atoms with E-state index in [-0.39, 0.29) is 18.3 Å². The fourth-order valence-electron chi connectivity index (χ4n) is 3.15. The molecule has 0 N–H and O–H groups in total. The molecule has 1 aliphatic heterocycles. The Kier molecular flexibility index (Phi) is 3.25. The maximum absolute atomic E-state index is 6.08. The third kappa shape index (κ3) is 2.21. The van der Waals surface area contributed by atoms with E-state index in [2.05, 4.69) is 50.6 Å². The number of aromatic nitrogens is 2. The van der Waals surface area contributed by atoms with E-state index in [0.717, 1.165) is 5.46 Å². The zero-order chi connectivity index (χ0) is 14.5. The van der Waals surface area contributed by atoms with Gasteiger partial charge in [-0.2, -0.15) is 5.10 Å². The van der Waals surface area contributed by atoms with Gasteiger partial charge in [0.2, 0.25) is 0 Å². The second-order valence-corrected chi connectivity index (χ2v) is 7.32. The molecule has 0 amide bonds. The van der Waals surface area contributed by atoms with E-state index in [1.165, 1.54) is 19.3 Å². The van der Waals surface area contributed by atoms with Crippen molar-refractivity contribution in [1.82, 2.24) is 9.78 Å². The molecular formula is C15H25BN2O2. The van der Waals surface area contributed by atoms with Crippen LogP contribution < -0.4 is 5.46 Å². The molecule has 110 valence electrons. The van der Waals surface area contributed by atoms with Gasteiger partial charge in [-0.3, -0.25) is 4.68 Å². The quantitative estimate of drug-likeness (QED) is 0.779. The molecule has 0 aromatic carbocycles. The molecule has 4 nitrogen and oxygen atoms in total. The smallest absolute Gasteiger partial charge is 0.399 e. The summed E-state index contributed by atoms with van der Waals surface area (Å²) in [6.45, 7) is 10.6. The van der Waals surface area contributed by atoms with E-state index in [0.29, 0.717) is 12.0 Å². The summed E-state index contributed by atoms with van der Waals surface area (Å²) in [6, 6.07) is 0.533. The molecule has 1 unspecified atom stereocenters. The fourth-order valence-corrected chi connectivity index (χ4v) is 3.15. The Balaban J connectivity index is 1.78. The Labute approximate surface area is 122 Å². The minimum absolute atomic E-state index is 0.291. The van der Waals surface area contributed by atoms with Crippen LogP contribution in [0.4, 0.5) is 0 Å². The number of hydrogen-bond donors (Lipinski definition) is 0. The topological polar surface area (TPSA) is 36.3 Å². The molecule has 1 aromatic heterocycles. The fraction of sp³-hybridized carbons (Fsp3) is 0.800. The molecule has 2 heterocycles. The van der Waals surface area contributed by atoms with Gasteiger partial charge in [-0.15, -0.1) is 0 Å². The van der Waals surface area contributed by atoms with Gasteiger partial charge in [0.15, 0.2) is 0 Å². The van der Waals surface area contributed by atoms with Gasteiger partial charge in [-0.1, -0.05) is 13.3 Å². The molecule has 2 fully saturated rings. The van der Waals surface area contributed by atoms with E-state index in [1.54, 1.807) is 0 Å². The lowest BCUT2D eigenvalue weighted by Gasteiger charge is -2.32. The third-order valence-corrected chi connectivity index (χ3v) is 5.30. The van der Waals surface area contributed by atoms with Crippen LogP contribution >= 0.6 is 0 Å². The van der Waals surface area contributed by atoms with E-state index in [9.17, 15) is 0 Å². The van der Waals surface area contributed by atoms with Gasteiger partial charge in [0, 0.05) is 17.9 Å². The van der Waals surface area contributed by atoms with Gasteiger partial charge >= 0.3 is 7.12 Å².